The van der Waals surface area contributed by atoms with Crippen LogP contribution in [-0.2, 0) is 24.3 Å². The predicted molar refractivity (Wildman–Crippen MR) is 98.1 cm³/mol. The highest BCUT2D eigenvalue weighted by atomic mass is 32.2. The number of hydrogen-bond acceptors (Lipinski definition) is 5. The van der Waals surface area contributed by atoms with Crippen molar-refractivity contribution in [3.63, 3.8) is 0 Å². The Morgan fingerprint density at radius 1 is 1.12 bits per heavy atom. The van der Waals surface area contributed by atoms with Crippen molar-refractivity contribution in [3.05, 3.63) is 35.9 Å². The Hall–Kier alpha value is -2.19. The highest BCUT2D eigenvalue weighted by Gasteiger charge is 2.25. The van der Waals surface area contributed by atoms with Crippen molar-refractivity contribution in [3.8, 4) is 0 Å². The Morgan fingerprint density at radius 2 is 1.73 bits per heavy atom. The molecule has 1 aliphatic rings. The zero-order valence-electron chi connectivity index (χ0n) is 15.0. The number of nitrogens with zero attached hydrogens (tertiary/aromatic N) is 1. The minimum atomic E-state index is -3.50. The van der Waals surface area contributed by atoms with Crippen molar-refractivity contribution in [2.75, 3.05) is 25.0 Å². The molecule has 0 radical (unpaired) electrons. The maximum atomic E-state index is 12.6. The van der Waals surface area contributed by atoms with E-state index < -0.39 is 28.5 Å². The molecular formula is C18H24N2O5S. The van der Waals surface area contributed by atoms with Gasteiger partial charge in [-0.3, -0.25) is 4.79 Å². The van der Waals surface area contributed by atoms with Crippen LogP contribution in [0.4, 0.5) is 5.69 Å². The third-order valence-electron chi connectivity index (χ3n) is 3.84. The highest BCUT2D eigenvalue weighted by molar-refractivity contribution is 7.89. The summed E-state index contributed by atoms with van der Waals surface area (Å²) < 4.78 is 31.4. The molecule has 0 saturated carbocycles. The zero-order valence-corrected chi connectivity index (χ0v) is 15.8. The molecule has 1 aliphatic heterocycles. The standard InChI is InChI=1S/C18H24N2O5S/c1-14(2)12-18(22)25-13-17(21)19-15-6-8-16(9-7-15)26(23,24)20-10-4-3-5-11-20/h6-9,12H,3-5,10-11,13H2,1-2H3,(H,19,21). The van der Waals surface area contributed by atoms with E-state index in [4.69, 9.17) is 4.74 Å². The summed E-state index contributed by atoms with van der Waals surface area (Å²) in [6.45, 7) is 4.17. The average Bonchev–Trinajstić information content (AvgIpc) is 2.61. The molecule has 7 nitrogen and oxygen atoms in total. The Bertz CT molecular complexity index is 774. The van der Waals surface area contributed by atoms with Gasteiger partial charge >= 0.3 is 5.97 Å². The lowest BCUT2D eigenvalue weighted by atomic mass is 10.2. The maximum Gasteiger partial charge on any atom is 0.331 e. The van der Waals surface area contributed by atoms with Crippen LogP contribution in [0.15, 0.2) is 40.8 Å². The minimum Gasteiger partial charge on any atom is -0.452 e. The number of rotatable bonds is 6. The van der Waals surface area contributed by atoms with Gasteiger partial charge in [-0.05, 0) is 51.0 Å². The SMILES string of the molecule is CC(C)=CC(=O)OCC(=O)Nc1ccc(S(=O)(=O)N2CCCCC2)cc1. The van der Waals surface area contributed by atoms with Crippen molar-refractivity contribution < 1.29 is 22.7 Å². The molecule has 8 heteroatoms. The highest BCUT2D eigenvalue weighted by Crippen LogP contribution is 2.21. The van der Waals surface area contributed by atoms with E-state index in [2.05, 4.69) is 5.32 Å². The molecule has 1 N–H and O–H groups in total. The summed E-state index contributed by atoms with van der Waals surface area (Å²) in [6.07, 6.45) is 4.10. The molecule has 1 aromatic carbocycles. The van der Waals surface area contributed by atoms with Crippen molar-refractivity contribution in [2.45, 2.75) is 38.0 Å². The summed E-state index contributed by atoms with van der Waals surface area (Å²) >= 11 is 0. The second-order valence-corrected chi connectivity index (χ2v) is 8.30. The first-order chi connectivity index (χ1) is 12.3. The van der Waals surface area contributed by atoms with Gasteiger partial charge in [-0.15, -0.1) is 0 Å². The molecule has 142 valence electrons. The van der Waals surface area contributed by atoms with Gasteiger partial charge in [0.05, 0.1) is 4.90 Å². The number of anilines is 1. The van der Waals surface area contributed by atoms with Crippen LogP contribution in [0.2, 0.25) is 0 Å². The molecule has 2 rings (SSSR count). The number of allylic oxidation sites excluding steroid dienone is 1. The smallest absolute Gasteiger partial charge is 0.331 e. The molecule has 0 atom stereocenters. The van der Waals surface area contributed by atoms with Crippen LogP contribution in [-0.4, -0.2) is 44.3 Å². The van der Waals surface area contributed by atoms with E-state index in [1.54, 1.807) is 13.8 Å². The van der Waals surface area contributed by atoms with E-state index in [1.165, 1.54) is 34.6 Å². The number of hydrogen-bond donors (Lipinski definition) is 1. The van der Waals surface area contributed by atoms with Gasteiger partial charge in [0.2, 0.25) is 10.0 Å². The number of sulfonamides is 1. The molecule has 0 aromatic heterocycles. The van der Waals surface area contributed by atoms with Crippen LogP contribution in [0.1, 0.15) is 33.1 Å². The van der Waals surface area contributed by atoms with E-state index in [1.807, 2.05) is 0 Å². The summed E-state index contributed by atoms with van der Waals surface area (Å²) in [6, 6.07) is 5.97. The van der Waals surface area contributed by atoms with Gasteiger partial charge in [-0.25, -0.2) is 13.2 Å². The monoisotopic (exact) mass is 380 g/mol. The topological polar surface area (TPSA) is 92.8 Å². The lowest BCUT2D eigenvalue weighted by Crippen LogP contribution is -2.35. The molecule has 1 saturated heterocycles. The number of amides is 1. The number of ether oxygens (including phenoxy) is 1. The van der Waals surface area contributed by atoms with Crippen molar-refractivity contribution in [1.82, 2.24) is 4.31 Å². The Kier molecular flexibility index (Phi) is 6.93. The van der Waals surface area contributed by atoms with E-state index in [0.717, 1.165) is 24.8 Å². The number of esters is 1. The largest absolute Gasteiger partial charge is 0.452 e. The van der Waals surface area contributed by atoms with Gasteiger partial charge < -0.3 is 10.1 Å². The Morgan fingerprint density at radius 3 is 2.31 bits per heavy atom. The van der Waals surface area contributed by atoms with Gasteiger partial charge in [-0.2, -0.15) is 4.31 Å². The normalized spacial score (nSPS) is 15.2. The third kappa shape index (κ3) is 5.67. The van der Waals surface area contributed by atoms with Crippen LogP contribution < -0.4 is 5.32 Å². The fourth-order valence-electron chi connectivity index (χ4n) is 2.58. The molecule has 1 amide bonds. The fourth-order valence-corrected chi connectivity index (χ4v) is 4.09. The van der Waals surface area contributed by atoms with Crippen molar-refractivity contribution in [1.29, 1.82) is 0 Å². The number of piperidine rings is 1. The van der Waals surface area contributed by atoms with Crippen LogP contribution in [0.3, 0.4) is 0 Å². The first-order valence-electron chi connectivity index (χ1n) is 8.51. The maximum absolute atomic E-state index is 12.6. The van der Waals surface area contributed by atoms with Crippen LogP contribution >= 0.6 is 0 Å². The second-order valence-electron chi connectivity index (χ2n) is 6.37. The number of carbonyl (C=O) groups excluding carboxylic acids is 2. The number of benzene rings is 1. The van der Waals surface area contributed by atoms with E-state index in [9.17, 15) is 18.0 Å². The Balaban J connectivity index is 1.93. The molecule has 0 spiro atoms. The zero-order chi connectivity index (χ0) is 19.2. The molecule has 1 aromatic rings. The minimum absolute atomic E-state index is 0.201. The quantitative estimate of drug-likeness (QED) is 0.604. The lowest BCUT2D eigenvalue weighted by molar-refractivity contribution is -0.142. The van der Waals surface area contributed by atoms with E-state index in [0.29, 0.717) is 18.8 Å². The molecular weight excluding hydrogens is 356 g/mol. The first-order valence-corrected chi connectivity index (χ1v) is 9.95. The van der Waals surface area contributed by atoms with E-state index >= 15 is 0 Å². The summed E-state index contributed by atoms with van der Waals surface area (Å²) in [5.74, 6) is -1.07. The first kappa shape index (κ1) is 20.1. The number of carbonyl (C=O) groups is 2. The van der Waals surface area contributed by atoms with Gasteiger partial charge in [0.15, 0.2) is 6.61 Å². The average molecular weight is 380 g/mol. The Labute approximate surface area is 154 Å². The molecule has 26 heavy (non-hydrogen) atoms. The van der Waals surface area contributed by atoms with Gasteiger partial charge in [0.1, 0.15) is 0 Å². The molecule has 0 aliphatic carbocycles. The van der Waals surface area contributed by atoms with Gasteiger partial charge in [0, 0.05) is 24.9 Å². The van der Waals surface area contributed by atoms with Crippen LogP contribution in [0, 0.1) is 0 Å². The second kappa shape index (κ2) is 8.95. The van der Waals surface area contributed by atoms with Gasteiger partial charge in [-0.1, -0.05) is 12.0 Å². The summed E-state index contributed by atoms with van der Waals surface area (Å²) in [4.78, 5) is 23.4. The van der Waals surface area contributed by atoms with Crippen LogP contribution in [0.25, 0.3) is 0 Å². The third-order valence-corrected chi connectivity index (χ3v) is 5.76. The molecule has 0 bridgehead atoms. The molecule has 0 unspecified atom stereocenters. The number of nitrogens with one attached hydrogen (secondary N) is 1. The molecule has 1 fully saturated rings. The van der Waals surface area contributed by atoms with Gasteiger partial charge in [0.25, 0.3) is 5.91 Å². The predicted octanol–water partition coefficient (Wildman–Crippen LogP) is 2.31. The fraction of sp³-hybridized carbons (Fsp3) is 0.444. The van der Waals surface area contributed by atoms with Crippen molar-refractivity contribution >= 4 is 27.6 Å². The summed E-state index contributed by atoms with van der Waals surface area (Å²) in [5.41, 5.74) is 1.21. The summed E-state index contributed by atoms with van der Waals surface area (Å²) in [7, 11) is -3.50. The summed E-state index contributed by atoms with van der Waals surface area (Å²) in [5, 5.41) is 2.56. The van der Waals surface area contributed by atoms with E-state index in [-0.39, 0.29) is 4.90 Å². The van der Waals surface area contributed by atoms with Crippen LogP contribution in [0.5, 0.6) is 0 Å². The lowest BCUT2D eigenvalue weighted by Gasteiger charge is -2.25. The van der Waals surface area contributed by atoms with Crippen molar-refractivity contribution in [2.24, 2.45) is 0 Å². The molecule has 1 heterocycles.